The molecule has 0 spiro atoms. The SMILES string of the molecule is O=C(NCC#CCOc1cccnc1)c1ccc(=O)[nH]n1. The Labute approximate surface area is 120 Å². The van der Waals surface area contributed by atoms with E-state index in [0.29, 0.717) is 5.75 Å². The van der Waals surface area contributed by atoms with Crippen molar-refractivity contribution < 1.29 is 9.53 Å². The molecule has 0 saturated carbocycles. The molecule has 106 valence electrons. The minimum atomic E-state index is -0.409. The van der Waals surface area contributed by atoms with Crippen LogP contribution >= 0.6 is 0 Å². The van der Waals surface area contributed by atoms with Crippen LogP contribution < -0.4 is 15.6 Å². The fourth-order valence-corrected chi connectivity index (χ4v) is 1.35. The van der Waals surface area contributed by atoms with E-state index < -0.39 is 5.91 Å². The molecule has 0 atom stereocenters. The molecular weight excluding hydrogens is 272 g/mol. The first-order valence-corrected chi connectivity index (χ1v) is 6.08. The first-order valence-electron chi connectivity index (χ1n) is 6.08. The van der Waals surface area contributed by atoms with Gasteiger partial charge in [-0.15, -0.1) is 0 Å². The monoisotopic (exact) mass is 284 g/mol. The van der Waals surface area contributed by atoms with Gasteiger partial charge < -0.3 is 10.1 Å². The Bertz CT molecular complexity index is 696. The van der Waals surface area contributed by atoms with E-state index in [2.05, 4.69) is 32.3 Å². The van der Waals surface area contributed by atoms with Gasteiger partial charge >= 0.3 is 0 Å². The predicted octanol–water partition coefficient (Wildman–Crippen LogP) is -0.0229. The van der Waals surface area contributed by atoms with Gasteiger partial charge in [0.05, 0.1) is 12.7 Å². The lowest BCUT2D eigenvalue weighted by Crippen LogP contribution is -2.26. The molecule has 2 N–H and O–H groups in total. The Kier molecular flexibility index (Phi) is 5.06. The quantitative estimate of drug-likeness (QED) is 0.769. The third-order valence-corrected chi connectivity index (χ3v) is 2.32. The van der Waals surface area contributed by atoms with Crippen molar-refractivity contribution in [2.75, 3.05) is 13.2 Å². The lowest BCUT2D eigenvalue weighted by atomic mass is 10.3. The van der Waals surface area contributed by atoms with Crippen LogP contribution in [0.2, 0.25) is 0 Å². The molecule has 0 aliphatic carbocycles. The third kappa shape index (κ3) is 4.80. The Balaban J connectivity index is 1.72. The fraction of sp³-hybridized carbons (Fsp3) is 0.143. The Morgan fingerprint density at radius 1 is 1.33 bits per heavy atom. The maximum atomic E-state index is 11.6. The van der Waals surface area contributed by atoms with Crippen LogP contribution in [0.3, 0.4) is 0 Å². The van der Waals surface area contributed by atoms with Crippen molar-refractivity contribution in [3.05, 3.63) is 52.7 Å². The minimum absolute atomic E-state index is 0.128. The second-order valence-corrected chi connectivity index (χ2v) is 3.82. The molecule has 2 aromatic rings. The number of aromatic nitrogens is 3. The molecule has 7 nitrogen and oxygen atoms in total. The van der Waals surface area contributed by atoms with Crippen LogP contribution in [0.15, 0.2) is 41.5 Å². The first-order chi connectivity index (χ1) is 10.3. The van der Waals surface area contributed by atoms with Gasteiger partial charge in [0.25, 0.3) is 11.5 Å². The summed E-state index contributed by atoms with van der Waals surface area (Å²) < 4.78 is 5.31. The minimum Gasteiger partial charge on any atom is -0.479 e. The topological polar surface area (TPSA) is 97.0 Å². The third-order valence-electron chi connectivity index (χ3n) is 2.32. The van der Waals surface area contributed by atoms with E-state index in [1.807, 2.05) is 0 Å². The number of H-pyrrole nitrogens is 1. The Hall–Kier alpha value is -3.14. The maximum Gasteiger partial charge on any atom is 0.272 e. The Morgan fingerprint density at radius 2 is 2.24 bits per heavy atom. The largest absolute Gasteiger partial charge is 0.479 e. The van der Waals surface area contributed by atoms with Crippen molar-refractivity contribution in [1.82, 2.24) is 20.5 Å². The van der Waals surface area contributed by atoms with Gasteiger partial charge in [0.15, 0.2) is 0 Å². The van der Waals surface area contributed by atoms with E-state index in [-0.39, 0.29) is 24.4 Å². The van der Waals surface area contributed by atoms with Crippen LogP contribution in [0.1, 0.15) is 10.5 Å². The summed E-state index contributed by atoms with van der Waals surface area (Å²) in [5, 5.41) is 8.34. The molecule has 0 bridgehead atoms. The van der Waals surface area contributed by atoms with E-state index in [9.17, 15) is 9.59 Å². The lowest BCUT2D eigenvalue weighted by Gasteiger charge is -2.00. The lowest BCUT2D eigenvalue weighted by molar-refractivity contribution is 0.0952. The summed E-state index contributed by atoms with van der Waals surface area (Å²) in [6.07, 6.45) is 3.24. The van der Waals surface area contributed by atoms with Crippen LogP contribution in [0.5, 0.6) is 5.75 Å². The van der Waals surface area contributed by atoms with E-state index in [1.54, 1.807) is 24.5 Å². The van der Waals surface area contributed by atoms with Gasteiger partial charge in [-0.05, 0) is 18.2 Å². The van der Waals surface area contributed by atoms with E-state index in [0.717, 1.165) is 0 Å². The summed E-state index contributed by atoms with van der Waals surface area (Å²) >= 11 is 0. The number of aromatic amines is 1. The van der Waals surface area contributed by atoms with E-state index in [4.69, 9.17) is 4.74 Å². The molecule has 1 amide bonds. The maximum absolute atomic E-state index is 11.6. The molecule has 0 radical (unpaired) electrons. The summed E-state index contributed by atoms with van der Waals surface area (Å²) in [5.74, 6) is 5.72. The molecule has 21 heavy (non-hydrogen) atoms. The van der Waals surface area contributed by atoms with Gasteiger partial charge in [-0.1, -0.05) is 11.8 Å². The summed E-state index contributed by atoms with van der Waals surface area (Å²) in [6.45, 7) is 0.370. The number of carbonyl (C=O) groups excluding carboxylic acids is 1. The van der Waals surface area contributed by atoms with Crippen molar-refractivity contribution in [1.29, 1.82) is 0 Å². The zero-order chi connectivity index (χ0) is 14.9. The standard InChI is InChI=1S/C14H12N4O3/c19-13-6-5-12(17-18-13)14(20)16-8-1-2-9-21-11-4-3-7-15-10-11/h3-7,10H,8-9H2,(H,16,20)(H,18,19). The number of amides is 1. The highest BCUT2D eigenvalue weighted by atomic mass is 16.5. The molecule has 0 fully saturated rings. The number of nitrogens with zero attached hydrogens (tertiary/aromatic N) is 2. The van der Waals surface area contributed by atoms with Crippen LogP contribution in [0.25, 0.3) is 0 Å². The highest BCUT2D eigenvalue weighted by Crippen LogP contribution is 2.04. The van der Waals surface area contributed by atoms with E-state index >= 15 is 0 Å². The number of pyridine rings is 1. The molecule has 2 rings (SSSR count). The zero-order valence-corrected chi connectivity index (χ0v) is 11.0. The van der Waals surface area contributed by atoms with Gasteiger partial charge in [0, 0.05) is 12.3 Å². The molecule has 7 heteroatoms. The fourth-order valence-electron chi connectivity index (χ4n) is 1.35. The second-order valence-electron chi connectivity index (χ2n) is 3.82. The van der Waals surface area contributed by atoms with Gasteiger partial charge in [-0.25, -0.2) is 5.10 Å². The predicted molar refractivity (Wildman–Crippen MR) is 74.7 cm³/mol. The average molecular weight is 284 g/mol. The Morgan fingerprint density at radius 3 is 2.95 bits per heavy atom. The van der Waals surface area contributed by atoms with E-state index in [1.165, 1.54) is 12.1 Å². The van der Waals surface area contributed by atoms with Crippen LogP contribution in [0, 0.1) is 11.8 Å². The summed E-state index contributed by atoms with van der Waals surface area (Å²) in [6, 6.07) is 6.11. The number of nitrogens with one attached hydrogen (secondary N) is 2. The van der Waals surface area contributed by atoms with Crippen LogP contribution in [0.4, 0.5) is 0 Å². The average Bonchev–Trinajstić information content (AvgIpc) is 2.52. The highest BCUT2D eigenvalue weighted by molar-refractivity contribution is 5.92. The molecule has 2 heterocycles. The number of hydrogen-bond acceptors (Lipinski definition) is 5. The summed E-state index contributed by atoms with van der Waals surface area (Å²) in [4.78, 5) is 26.3. The number of rotatable bonds is 4. The molecule has 0 aliphatic heterocycles. The number of carbonyl (C=O) groups is 1. The van der Waals surface area contributed by atoms with Gasteiger partial charge in [0.2, 0.25) is 0 Å². The number of hydrogen-bond donors (Lipinski definition) is 2. The van der Waals surface area contributed by atoms with Crippen molar-refractivity contribution in [3.8, 4) is 17.6 Å². The smallest absolute Gasteiger partial charge is 0.272 e. The zero-order valence-electron chi connectivity index (χ0n) is 11.0. The van der Waals surface area contributed by atoms with Gasteiger partial charge in [-0.2, -0.15) is 5.10 Å². The summed E-state index contributed by atoms with van der Waals surface area (Å²) in [7, 11) is 0. The summed E-state index contributed by atoms with van der Waals surface area (Å²) in [5.41, 5.74) is -0.234. The van der Waals surface area contributed by atoms with Crippen LogP contribution in [-0.4, -0.2) is 34.2 Å². The molecule has 0 aliphatic rings. The van der Waals surface area contributed by atoms with Crippen molar-refractivity contribution in [3.63, 3.8) is 0 Å². The van der Waals surface area contributed by atoms with Gasteiger partial charge in [0.1, 0.15) is 18.1 Å². The molecular formula is C14H12N4O3. The molecule has 0 aromatic carbocycles. The number of ether oxygens (including phenoxy) is 1. The van der Waals surface area contributed by atoms with Crippen molar-refractivity contribution in [2.24, 2.45) is 0 Å². The first kappa shape index (κ1) is 14.3. The van der Waals surface area contributed by atoms with Crippen molar-refractivity contribution in [2.45, 2.75) is 0 Å². The van der Waals surface area contributed by atoms with Gasteiger partial charge in [-0.3, -0.25) is 14.6 Å². The normalized spacial score (nSPS) is 9.33. The molecule has 2 aromatic heterocycles. The van der Waals surface area contributed by atoms with Crippen LogP contribution in [-0.2, 0) is 0 Å². The molecule has 0 saturated heterocycles. The highest BCUT2D eigenvalue weighted by Gasteiger charge is 2.04. The molecule has 0 unspecified atom stereocenters. The van der Waals surface area contributed by atoms with Crippen molar-refractivity contribution >= 4 is 5.91 Å². The second kappa shape index (κ2) is 7.45.